The third kappa shape index (κ3) is 3.12. The number of aryl methyl sites for hydroxylation is 1. The van der Waals surface area contributed by atoms with Crippen LogP contribution in [0.4, 0.5) is 0 Å². The molecule has 1 aliphatic heterocycles. The van der Waals surface area contributed by atoms with E-state index >= 15 is 0 Å². The number of para-hydroxylation sites is 1. The molecule has 0 radical (unpaired) electrons. The van der Waals surface area contributed by atoms with Crippen LogP contribution in [0, 0.1) is 12.8 Å². The number of pyridine rings is 1. The fraction of sp³-hybridized carbons (Fsp3) is 0.500. The first-order valence-corrected chi connectivity index (χ1v) is 8.45. The summed E-state index contributed by atoms with van der Waals surface area (Å²) in [5.41, 5.74) is 9.23. The second-order valence-corrected chi connectivity index (χ2v) is 6.89. The van der Waals surface area contributed by atoms with E-state index in [4.69, 9.17) is 22.3 Å². The number of rotatable bonds is 3. The second-order valence-electron chi connectivity index (χ2n) is 6.51. The van der Waals surface area contributed by atoms with Gasteiger partial charge in [-0.15, -0.1) is 0 Å². The van der Waals surface area contributed by atoms with Gasteiger partial charge < -0.3 is 5.73 Å². The first kappa shape index (κ1) is 15.7. The van der Waals surface area contributed by atoms with Gasteiger partial charge in [-0.1, -0.05) is 29.8 Å². The number of fused-ring (bicyclic) bond motifs is 1. The van der Waals surface area contributed by atoms with Crippen molar-refractivity contribution in [1.82, 2.24) is 9.88 Å². The summed E-state index contributed by atoms with van der Waals surface area (Å²) in [6, 6.07) is 8.46. The van der Waals surface area contributed by atoms with Crippen molar-refractivity contribution in [3.63, 3.8) is 0 Å². The second kappa shape index (κ2) is 6.53. The smallest absolute Gasteiger partial charge is 0.0740 e. The molecule has 2 N–H and O–H groups in total. The van der Waals surface area contributed by atoms with E-state index in [9.17, 15) is 0 Å². The van der Waals surface area contributed by atoms with E-state index in [-0.39, 0.29) is 6.04 Å². The number of halogens is 1. The first-order chi connectivity index (χ1) is 10.6. The van der Waals surface area contributed by atoms with Crippen molar-refractivity contribution >= 4 is 22.5 Å². The first-order valence-electron chi connectivity index (χ1n) is 8.08. The zero-order valence-corrected chi connectivity index (χ0v) is 14.1. The van der Waals surface area contributed by atoms with Gasteiger partial charge in [-0.3, -0.25) is 4.90 Å². The molecule has 118 valence electrons. The van der Waals surface area contributed by atoms with Gasteiger partial charge in [-0.05, 0) is 50.8 Å². The van der Waals surface area contributed by atoms with Crippen molar-refractivity contribution in [2.24, 2.45) is 11.7 Å². The molecule has 1 aromatic carbocycles. The fourth-order valence-corrected chi connectivity index (χ4v) is 3.60. The third-order valence-electron chi connectivity index (χ3n) is 4.80. The van der Waals surface area contributed by atoms with Crippen LogP contribution in [0.15, 0.2) is 24.3 Å². The quantitative estimate of drug-likeness (QED) is 0.937. The Kier molecular flexibility index (Phi) is 4.67. The summed E-state index contributed by atoms with van der Waals surface area (Å²) in [6.07, 6.45) is 2.43. The zero-order valence-electron chi connectivity index (χ0n) is 13.3. The van der Waals surface area contributed by atoms with Crippen LogP contribution in [0.3, 0.4) is 0 Å². The van der Waals surface area contributed by atoms with Gasteiger partial charge in [0.1, 0.15) is 0 Å². The number of nitrogens with zero attached hydrogens (tertiary/aromatic N) is 2. The Morgan fingerprint density at radius 2 is 2.18 bits per heavy atom. The van der Waals surface area contributed by atoms with Gasteiger partial charge in [0.2, 0.25) is 0 Å². The van der Waals surface area contributed by atoms with E-state index in [1.807, 2.05) is 12.1 Å². The molecule has 3 rings (SSSR count). The standard InChI is InChI=1S/C18H24ClN3/c1-12-15-7-3-4-8-16(15)21-17(18(12)19)11-22-9-5-6-14(10-22)13(2)20/h3-4,7-8,13-14H,5-6,9-11,20H2,1-2H3. The normalized spacial score (nSPS) is 21.2. The van der Waals surface area contributed by atoms with Crippen molar-refractivity contribution in [3.05, 3.63) is 40.5 Å². The number of likely N-dealkylation sites (tertiary alicyclic amines) is 1. The van der Waals surface area contributed by atoms with Gasteiger partial charge in [-0.2, -0.15) is 0 Å². The summed E-state index contributed by atoms with van der Waals surface area (Å²) in [7, 11) is 0. The molecular formula is C18H24ClN3. The van der Waals surface area contributed by atoms with Crippen LogP contribution in [0.1, 0.15) is 31.0 Å². The molecule has 0 amide bonds. The van der Waals surface area contributed by atoms with E-state index in [2.05, 4.69) is 30.9 Å². The number of hydrogen-bond donors (Lipinski definition) is 1. The van der Waals surface area contributed by atoms with Crippen molar-refractivity contribution in [3.8, 4) is 0 Å². The van der Waals surface area contributed by atoms with Crippen molar-refractivity contribution in [2.45, 2.75) is 39.3 Å². The van der Waals surface area contributed by atoms with Crippen LogP contribution in [0.5, 0.6) is 0 Å². The van der Waals surface area contributed by atoms with Crippen molar-refractivity contribution in [2.75, 3.05) is 13.1 Å². The van der Waals surface area contributed by atoms with Crippen molar-refractivity contribution in [1.29, 1.82) is 0 Å². The van der Waals surface area contributed by atoms with Gasteiger partial charge in [0.15, 0.2) is 0 Å². The van der Waals surface area contributed by atoms with Gasteiger partial charge >= 0.3 is 0 Å². The molecule has 2 atom stereocenters. The highest BCUT2D eigenvalue weighted by atomic mass is 35.5. The molecule has 1 aromatic heterocycles. The molecule has 0 aliphatic carbocycles. The monoisotopic (exact) mass is 317 g/mol. The van der Waals surface area contributed by atoms with Crippen LogP contribution in [0.2, 0.25) is 5.02 Å². The summed E-state index contributed by atoms with van der Waals surface area (Å²) in [5, 5.41) is 1.95. The Morgan fingerprint density at radius 1 is 1.41 bits per heavy atom. The van der Waals surface area contributed by atoms with Crippen LogP contribution in [-0.4, -0.2) is 29.0 Å². The molecule has 4 heteroatoms. The third-order valence-corrected chi connectivity index (χ3v) is 5.31. The van der Waals surface area contributed by atoms with Gasteiger partial charge in [0.05, 0.1) is 16.2 Å². The number of hydrogen-bond acceptors (Lipinski definition) is 3. The van der Waals surface area contributed by atoms with E-state index < -0.39 is 0 Å². The zero-order chi connectivity index (χ0) is 15.7. The molecular weight excluding hydrogens is 294 g/mol. The summed E-state index contributed by atoms with van der Waals surface area (Å²) >= 11 is 6.58. The van der Waals surface area contributed by atoms with Crippen LogP contribution < -0.4 is 5.73 Å². The minimum absolute atomic E-state index is 0.254. The minimum atomic E-state index is 0.254. The Hall–Kier alpha value is -1.16. The number of piperidine rings is 1. The van der Waals surface area contributed by atoms with Crippen LogP contribution >= 0.6 is 11.6 Å². The maximum Gasteiger partial charge on any atom is 0.0740 e. The number of benzene rings is 1. The molecule has 0 bridgehead atoms. The maximum absolute atomic E-state index is 6.58. The van der Waals surface area contributed by atoms with Crippen LogP contribution in [0.25, 0.3) is 10.9 Å². The minimum Gasteiger partial charge on any atom is -0.328 e. The van der Waals surface area contributed by atoms with E-state index in [0.29, 0.717) is 5.92 Å². The highest BCUT2D eigenvalue weighted by molar-refractivity contribution is 6.32. The highest BCUT2D eigenvalue weighted by Gasteiger charge is 2.24. The summed E-state index contributed by atoms with van der Waals surface area (Å²) in [4.78, 5) is 7.24. The summed E-state index contributed by atoms with van der Waals surface area (Å²) in [5.74, 6) is 0.578. The predicted octanol–water partition coefficient (Wildman–Crippen LogP) is 3.76. The Balaban J connectivity index is 1.86. The molecule has 2 aromatic rings. The van der Waals surface area contributed by atoms with Crippen LogP contribution in [-0.2, 0) is 6.54 Å². The predicted molar refractivity (Wildman–Crippen MR) is 93.1 cm³/mol. The SMILES string of the molecule is Cc1c(Cl)c(CN2CCCC(C(C)N)C2)nc2ccccc12. The Labute approximate surface area is 137 Å². The molecule has 3 nitrogen and oxygen atoms in total. The maximum atomic E-state index is 6.58. The largest absolute Gasteiger partial charge is 0.328 e. The molecule has 0 spiro atoms. The molecule has 22 heavy (non-hydrogen) atoms. The molecule has 1 fully saturated rings. The molecule has 2 heterocycles. The summed E-state index contributed by atoms with van der Waals surface area (Å²) < 4.78 is 0. The van der Waals surface area contributed by atoms with Crippen molar-refractivity contribution < 1.29 is 0 Å². The van der Waals surface area contributed by atoms with E-state index in [0.717, 1.165) is 46.8 Å². The Bertz CT molecular complexity index is 669. The molecule has 0 saturated carbocycles. The topological polar surface area (TPSA) is 42.1 Å². The lowest BCUT2D eigenvalue weighted by Crippen LogP contribution is -2.42. The average Bonchev–Trinajstić information content (AvgIpc) is 2.52. The highest BCUT2D eigenvalue weighted by Crippen LogP contribution is 2.29. The lowest BCUT2D eigenvalue weighted by molar-refractivity contribution is 0.153. The van der Waals surface area contributed by atoms with E-state index in [1.54, 1.807) is 0 Å². The lowest BCUT2D eigenvalue weighted by atomic mass is 9.92. The average molecular weight is 318 g/mol. The lowest BCUT2D eigenvalue weighted by Gasteiger charge is -2.34. The molecule has 1 saturated heterocycles. The van der Waals surface area contributed by atoms with Gasteiger partial charge in [-0.25, -0.2) is 4.98 Å². The van der Waals surface area contributed by atoms with Gasteiger partial charge in [0, 0.05) is 24.5 Å². The Morgan fingerprint density at radius 3 is 2.95 bits per heavy atom. The van der Waals surface area contributed by atoms with Gasteiger partial charge in [0.25, 0.3) is 0 Å². The number of nitrogens with two attached hydrogens (primary N) is 1. The molecule has 2 unspecified atom stereocenters. The molecule has 1 aliphatic rings. The summed E-state index contributed by atoms with van der Waals surface area (Å²) in [6.45, 7) is 7.15. The fourth-order valence-electron chi connectivity index (χ4n) is 3.40. The van der Waals surface area contributed by atoms with E-state index in [1.165, 1.54) is 12.8 Å². The number of aromatic nitrogens is 1.